The van der Waals surface area contributed by atoms with E-state index in [2.05, 4.69) is 15.5 Å². The van der Waals surface area contributed by atoms with Crippen molar-refractivity contribution >= 4 is 17.3 Å². The van der Waals surface area contributed by atoms with Crippen molar-refractivity contribution in [3.63, 3.8) is 0 Å². The Morgan fingerprint density at radius 3 is 2.47 bits per heavy atom. The van der Waals surface area contributed by atoms with E-state index in [-0.39, 0.29) is 11.7 Å². The number of urea groups is 1. The van der Waals surface area contributed by atoms with E-state index in [1.165, 1.54) is 41.3 Å². The van der Waals surface area contributed by atoms with Gasteiger partial charge in [0, 0.05) is 11.3 Å². The fraction of sp³-hybridized carbons (Fsp3) is 0.148. The molecule has 3 aromatic carbocycles. The normalized spacial score (nSPS) is 15.7. The second-order valence-corrected chi connectivity index (χ2v) is 8.13. The van der Waals surface area contributed by atoms with Gasteiger partial charge in [0.2, 0.25) is 5.82 Å². The lowest BCUT2D eigenvalue weighted by Crippen LogP contribution is -2.46. The number of benzene rings is 3. The summed E-state index contributed by atoms with van der Waals surface area (Å²) in [6.07, 6.45) is 0. The summed E-state index contributed by atoms with van der Waals surface area (Å²) < 4.78 is 38.5. The molecular weight excluding hydrogens is 466 g/mol. The molecule has 0 saturated carbocycles. The van der Waals surface area contributed by atoms with Crippen molar-refractivity contribution in [3.05, 3.63) is 102 Å². The highest BCUT2D eigenvalue weighted by Crippen LogP contribution is 2.39. The molecule has 0 saturated heterocycles. The van der Waals surface area contributed by atoms with Crippen LogP contribution in [-0.4, -0.2) is 22.8 Å². The molecule has 1 N–H and O–H groups in total. The van der Waals surface area contributed by atoms with E-state index < -0.39 is 23.7 Å². The van der Waals surface area contributed by atoms with Gasteiger partial charge in [-0.2, -0.15) is 4.98 Å². The number of nitrogens with one attached hydrogen (secondary N) is 1. The molecule has 5 rings (SSSR count). The summed E-state index contributed by atoms with van der Waals surface area (Å²) in [5, 5.41) is 7.04. The number of carbonyl (C=O) groups excluding carboxylic acids is 1. The Morgan fingerprint density at radius 1 is 1.03 bits per heavy atom. The summed E-state index contributed by atoms with van der Waals surface area (Å²) in [6, 6.07) is 17.8. The van der Waals surface area contributed by atoms with Crippen molar-refractivity contribution in [2.45, 2.75) is 19.9 Å². The van der Waals surface area contributed by atoms with E-state index in [1.54, 1.807) is 19.1 Å². The summed E-state index contributed by atoms with van der Waals surface area (Å²) in [5.41, 5.74) is 2.78. The largest absolute Gasteiger partial charge is 0.494 e. The zero-order chi connectivity index (χ0) is 25.2. The second kappa shape index (κ2) is 9.61. The molecule has 2 heterocycles. The van der Waals surface area contributed by atoms with Crippen LogP contribution in [-0.2, 0) is 0 Å². The van der Waals surface area contributed by atoms with E-state index >= 15 is 0 Å². The molecule has 1 aliphatic heterocycles. The van der Waals surface area contributed by atoms with Gasteiger partial charge in [0.05, 0.1) is 23.9 Å². The fourth-order valence-electron chi connectivity index (χ4n) is 4.17. The third-order valence-electron chi connectivity index (χ3n) is 5.83. The lowest BCUT2D eigenvalue weighted by Gasteiger charge is -2.35. The summed E-state index contributed by atoms with van der Waals surface area (Å²) >= 11 is 0. The highest BCUT2D eigenvalue weighted by molar-refractivity contribution is 6.01. The predicted octanol–water partition coefficient (Wildman–Crippen LogP) is 6.12. The van der Waals surface area contributed by atoms with Gasteiger partial charge in [0.1, 0.15) is 17.4 Å². The Labute approximate surface area is 206 Å². The van der Waals surface area contributed by atoms with Crippen molar-refractivity contribution < 1.29 is 22.8 Å². The third kappa shape index (κ3) is 4.43. The van der Waals surface area contributed by atoms with Crippen LogP contribution in [0.15, 0.2) is 83.0 Å². The topological polar surface area (TPSA) is 80.5 Å². The molecule has 9 heteroatoms. The van der Waals surface area contributed by atoms with Crippen molar-refractivity contribution in [1.29, 1.82) is 0 Å². The first kappa shape index (κ1) is 23.2. The van der Waals surface area contributed by atoms with Crippen LogP contribution in [0.4, 0.5) is 19.3 Å². The molecule has 0 spiro atoms. The molecule has 1 unspecified atom stereocenters. The molecule has 4 aromatic rings. The highest BCUT2D eigenvalue weighted by atomic mass is 19.1. The number of hydrogen-bond donors (Lipinski definition) is 1. The molecule has 1 atom stereocenters. The molecule has 0 aliphatic carbocycles. The lowest BCUT2D eigenvalue weighted by molar-refractivity contribution is 0.244. The van der Waals surface area contributed by atoms with E-state index in [4.69, 9.17) is 9.26 Å². The number of carbonyl (C=O) groups is 1. The molecule has 0 radical (unpaired) electrons. The third-order valence-corrected chi connectivity index (χ3v) is 5.83. The van der Waals surface area contributed by atoms with Gasteiger partial charge in [-0.05, 0) is 67.9 Å². The highest BCUT2D eigenvalue weighted by Gasteiger charge is 2.36. The number of allylic oxidation sites excluding steroid dienone is 1. The standard InChI is InChI=1S/C27H22F2N4O3/c1-3-35-22-13-7-17(8-14-22)24-23(26-31-25(32-36-26)18-5-4-6-20(29)15-18)16(2)33(27(34)30-24)21-11-9-19(28)10-12-21/h4-15,24H,3H2,1-2H3,(H,30,34). The maximum absolute atomic E-state index is 13.8. The number of amides is 2. The number of anilines is 1. The van der Waals surface area contributed by atoms with Crippen LogP contribution in [0, 0.1) is 11.6 Å². The number of hydrogen-bond acceptors (Lipinski definition) is 5. The molecule has 7 nitrogen and oxygen atoms in total. The quantitative estimate of drug-likeness (QED) is 0.354. The first-order valence-electron chi connectivity index (χ1n) is 11.3. The Hall–Kier alpha value is -4.53. The zero-order valence-corrected chi connectivity index (χ0v) is 19.5. The van der Waals surface area contributed by atoms with Crippen molar-refractivity contribution in [3.8, 4) is 17.1 Å². The van der Waals surface area contributed by atoms with E-state index in [1.807, 2.05) is 31.2 Å². The number of halogens is 2. The maximum atomic E-state index is 13.8. The number of rotatable bonds is 6. The average molecular weight is 488 g/mol. The molecule has 0 bridgehead atoms. The smallest absolute Gasteiger partial charge is 0.326 e. The number of aromatic nitrogens is 2. The molecule has 2 amide bonds. The van der Waals surface area contributed by atoms with Crippen LogP contribution in [0.3, 0.4) is 0 Å². The minimum Gasteiger partial charge on any atom is -0.494 e. The molecule has 1 aromatic heterocycles. The molecule has 1 aliphatic rings. The molecule has 182 valence electrons. The monoisotopic (exact) mass is 488 g/mol. The van der Waals surface area contributed by atoms with Crippen LogP contribution in [0.2, 0.25) is 0 Å². The van der Waals surface area contributed by atoms with E-state index in [0.717, 1.165) is 5.56 Å². The Morgan fingerprint density at radius 2 is 1.78 bits per heavy atom. The van der Waals surface area contributed by atoms with Crippen molar-refractivity contribution in [2.24, 2.45) is 0 Å². The van der Waals surface area contributed by atoms with Crippen molar-refractivity contribution in [2.75, 3.05) is 11.5 Å². The number of nitrogens with zero attached hydrogens (tertiary/aromatic N) is 3. The number of ether oxygens (including phenoxy) is 1. The summed E-state index contributed by atoms with van der Waals surface area (Å²) in [4.78, 5) is 19.2. The van der Waals surface area contributed by atoms with Gasteiger partial charge in [-0.3, -0.25) is 4.90 Å². The molecular formula is C27H22F2N4O3. The second-order valence-electron chi connectivity index (χ2n) is 8.13. The Bertz CT molecular complexity index is 1430. The van der Waals surface area contributed by atoms with Gasteiger partial charge < -0.3 is 14.6 Å². The predicted molar refractivity (Wildman–Crippen MR) is 130 cm³/mol. The van der Waals surface area contributed by atoms with Gasteiger partial charge in [0.25, 0.3) is 5.89 Å². The maximum Gasteiger partial charge on any atom is 0.326 e. The van der Waals surface area contributed by atoms with Gasteiger partial charge >= 0.3 is 6.03 Å². The van der Waals surface area contributed by atoms with Crippen LogP contribution in [0.5, 0.6) is 5.75 Å². The van der Waals surface area contributed by atoms with Crippen LogP contribution >= 0.6 is 0 Å². The summed E-state index contributed by atoms with van der Waals surface area (Å²) in [7, 11) is 0. The Balaban J connectivity index is 1.62. The first-order chi connectivity index (χ1) is 17.4. The summed E-state index contributed by atoms with van der Waals surface area (Å²) in [5.74, 6) is 0.235. The SMILES string of the molecule is CCOc1ccc(C2NC(=O)N(c3ccc(F)cc3)C(C)=C2c2nc(-c3cccc(F)c3)no2)cc1. The Kier molecular flexibility index (Phi) is 6.20. The van der Waals surface area contributed by atoms with Gasteiger partial charge in [-0.1, -0.05) is 29.4 Å². The lowest BCUT2D eigenvalue weighted by atomic mass is 9.94. The summed E-state index contributed by atoms with van der Waals surface area (Å²) in [6.45, 7) is 4.18. The minimum atomic E-state index is -0.620. The molecule has 0 fully saturated rings. The zero-order valence-electron chi connectivity index (χ0n) is 19.5. The van der Waals surface area contributed by atoms with E-state index in [9.17, 15) is 13.6 Å². The molecule has 36 heavy (non-hydrogen) atoms. The minimum absolute atomic E-state index is 0.165. The average Bonchev–Trinajstić information content (AvgIpc) is 3.35. The van der Waals surface area contributed by atoms with Gasteiger partial charge in [-0.25, -0.2) is 13.6 Å². The van der Waals surface area contributed by atoms with Gasteiger partial charge in [-0.15, -0.1) is 0 Å². The van der Waals surface area contributed by atoms with Crippen LogP contribution in [0.25, 0.3) is 17.0 Å². The van der Waals surface area contributed by atoms with Crippen molar-refractivity contribution in [1.82, 2.24) is 15.5 Å². The first-order valence-corrected chi connectivity index (χ1v) is 11.3. The fourth-order valence-corrected chi connectivity index (χ4v) is 4.17. The van der Waals surface area contributed by atoms with Gasteiger partial charge in [0.15, 0.2) is 0 Å². The van der Waals surface area contributed by atoms with Crippen LogP contribution < -0.4 is 15.0 Å². The van der Waals surface area contributed by atoms with Crippen LogP contribution in [0.1, 0.15) is 31.3 Å². The van der Waals surface area contributed by atoms with E-state index in [0.29, 0.717) is 34.9 Å².